The fourth-order valence-corrected chi connectivity index (χ4v) is 2.91. The molecule has 2 aromatic rings. The maximum absolute atomic E-state index is 12.5. The van der Waals surface area contributed by atoms with Gasteiger partial charge in [0.15, 0.2) is 0 Å². The van der Waals surface area contributed by atoms with Crippen molar-refractivity contribution in [3.63, 3.8) is 0 Å². The van der Waals surface area contributed by atoms with E-state index in [0.29, 0.717) is 6.42 Å². The number of benzene rings is 1. The average Bonchev–Trinajstić information content (AvgIpc) is 3.01. The summed E-state index contributed by atoms with van der Waals surface area (Å²) in [5.74, 6) is -1.91. The van der Waals surface area contributed by atoms with Crippen LogP contribution in [0.5, 0.6) is 0 Å². The van der Waals surface area contributed by atoms with E-state index in [1.807, 2.05) is 38.1 Å². The van der Waals surface area contributed by atoms with E-state index in [0.717, 1.165) is 16.5 Å². The summed E-state index contributed by atoms with van der Waals surface area (Å²) in [7, 11) is 0. The largest absolute Gasteiger partial charge is 0.480 e. The average molecular weight is 374 g/mol. The van der Waals surface area contributed by atoms with Crippen molar-refractivity contribution in [1.29, 1.82) is 0 Å². The highest BCUT2D eigenvalue weighted by atomic mass is 16.4. The summed E-state index contributed by atoms with van der Waals surface area (Å²) < 4.78 is 0. The van der Waals surface area contributed by atoms with E-state index in [2.05, 4.69) is 15.6 Å². The lowest BCUT2D eigenvalue weighted by Gasteiger charge is -2.21. The molecule has 6 N–H and O–H groups in total. The smallest absolute Gasteiger partial charge is 0.322 e. The fourth-order valence-electron chi connectivity index (χ4n) is 2.91. The van der Waals surface area contributed by atoms with Crippen LogP contribution in [0.2, 0.25) is 0 Å². The van der Waals surface area contributed by atoms with Crippen LogP contribution in [-0.2, 0) is 20.8 Å². The Hall–Kier alpha value is -2.87. The number of H-pyrrole nitrogens is 1. The maximum Gasteiger partial charge on any atom is 0.322 e. The third-order valence-electron chi connectivity index (χ3n) is 4.21. The number of carbonyl (C=O) groups is 3. The van der Waals surface area contributed by atoms with Crippen LogP contribution >= 0.6 is 0 Å². The van der Waals surface area contributed by atoms with Crippen LogP contribution in [0, 0.1) is 5.92 Å². The summed E-state index contributed by atoms with van der Waals surface area (Å²) in [5, 5.41) is 14.7. The Morgan fingerprint density at radius 3 is 2.56 bits per heavy atom. The molecule has 0 spiro atoms. The molecule has 0 aliphatic rings. The number of rotatable bonds is 9. The first-order valence-electron chi connectivity index (χ1n) is 8.88. The van der Waals surface area contributed by atoms with Crippen molar-refractivity contribution in [2.24, 2.45) is 11.7 Å². The van der Waals surface area contributed by atoms with Crippen molar-refractivity contribution in [1.82, 2.24) is 15.6 Å². The zero-order valence-corrected chi connectivity index (χ0v) is 15.5. The minimum Gasteiger partial charge on any atom is -0.480 e. The van der Waals surface area contributed by atoms with Crippen LogP contribution in [0.25, 0.3) is 10.9 Å². The Balaban J connectivity index is 2.17. The van der Waals surface area contributed by atoms with E-state index < -0.39 is 36.4 Å². The van der Waals surface area contributed by atoms with Crippen LogP contribution in [0.1, 0.15) is 25.8 Å². The van der Waals surface area contributed by atoms with Crippen LogP contribution in [0.15, 0.2) is 30.5 Å². The van der Waals surface area contributed by atoms with Crippen molar-refractivity contribution < 1.29 is 19.5 Å². The molecular weight excluding hydrogens is 348 g/mol. The lowest BCUT2D eigenvalue weighted by atomic mass is 10.0. The normalized spacial score (nSPS) is 13.3. The van der Waals surface area contributed by atoms with Crippen molar-refractivity contribution in [2.45, 2.75) is 38.8 Å². The number of carbonyl (C=O) groups excluding carboxylic acids is 2. The summed E-state index contributed by atoms with van der Waals surface area (Å²) in [6.07, 6.45) is 2.49. The Labute approximate surface area is 157 Å². The highest BCUT2D eigenvalue weighted by Gasteiger charge is 2.25. The molecule has 2 rings (SSSR count). The molecule has 1 aromatic heterocycles. The second-order valence-corrected chi connectivity index (χ2v) is 6.97. The molecule has 2 amide bonds. The number of aromatic nitrogens is 1. The van der Waals surface area contributed by atoms with Crippen molar-refractivity contribution in [3.05, 3.63) is 36.0 Å². The van der Waals surface area contributed by atoms with Crippen LogP contribution in [0.3, 0.4) is 0 Å². The second kappa shape index (κ2) is 9.18. The Bertz CT molecular complexity index is 815. The number of aromatic amines is 1. The van der Waals surface area contributed by atoms with Crippen LogP contribution < -0.4 is 16.4 Å². The number of hydrogen-bond acceptors (Lipinski definition) is 4. The fraction of sp³-hybridized carbons (Fsp3) is 0.421. The lowest BCUT2D eigenvalue weighted by Crippen LogP contribution is -2.53. The standard InChI is InChI=1S/C19H26N4O4/c1-11(2)7-14(20)18(26)23-16(19(27)22-10-17(24)25)8-12-9-21-15-6-4-3-5-13(12)15/h3-6,9,11,14,16,21H,7-8,10,20H2,1-2H3,(H,22,27)(H,23,26)(H,24,25). The van der Waals surface area contributed by atoms with E-state index in [-0.39, 0.29) is 12.3 Å². The zero-order chi connectivity index (χ0) is 20.0. The second-order valence-electron chi connectivity index (χ2n) is 6.97. The number of para-hydroxylation sites is 1. The van der Waals surface area contributed by atoms with Gasteiger partial charge in [0, 0.05) is 23.5 Å². The van der Waals surface area contributed by atoms with Gasteiger partial charge in [-0.2, -0.15) is 0 Å². The van der Waals surface area contributed by atoms with Gasteiger partial charge in [0.05, 0.1) is 6.04 Å². The van der Waals surface area contributed by atoms with E-state index in [9.17, 15) is 14.4 Å². The first-order chi connectivity index (χ1) is 12.8. The number of amides is 2. The highest BCUT2D eigenvalue weighted by molar-refractivity contribution is 5.92. The molecule has 2 unspecified atom stereocenters. The number of carboxylic acid groups (broad SMARTS) is 1. The number of fused-ring (bicyclic) bond motifs is 1. The maximum atomic E-state index is 12.5. The summed E-state index contributed by atoms with van der Waals surface area (Å²) in [6, 6.07) is 5.95. The van der Waals surface area contributed by atoms with Crippen LogP contribution in [0.4, 0.5) is 0 Å². The molecule has 0 saturated heterocycles. The Morgan fingerprint density at radius 1 is 1.19 bits per heavy atom. The molecule has 0 fully saturated rings. The van der Waals surface area contributed by atoms with Crippen molar-refractivity contribution in [3.8, 4) is 0 Å². The summed E-state index contributed by atoms with van der Waals surface area (Å²) in [4.78, 5) is 38.7. The topological polar surface area (TPSA) is 137 Å². The molecule has 0 aliphatic heterocycles. The predicted molar refractivity (Wildman–Crippen MR) is 102 cm³/mol. The van der Waals surface area contributed by atoms with Crippen LogP contribution in [-0.4, -0.2) is 46.5 Å². The number of carboxylic acids is 1. The van der Waals surface area contributed by atoms with Crippen molar-refractivity contribution >= 4 is 28.7 Å². The molecule has 0 aliphatic carbocycles. The molecule has 146 valence electrons. The van der Waals surface area contributed by atoms with E-state index in [1.54, 1.807) is 6.20 Å². The first kappa shape index (κ1) is 20.4. The number of nitrogens with one attached hydrogen (secondary N) is 3. The lowest BCUT2D eigenvalue weighted by molar-refractivity contribution is -0.138. The number of aliphatic carboxylic acids is 1. The minimum absolute atomic E-state index is 0.218. The monoisotopic (exact) mass is 374 g/mol. The summed E-state index contributed by atoms with van der Waals surface area (Å²) in [5.41, 5.74) is 7.67. The molecule has 8 nitrogen and oxygen atoms in total. The summed E-state index contributed by atoms with van der Waals surface area (Å²) >= 11 is 0. The van der Waals surface area contributed by atoms with Gasteiger partial charge in [0.2, 0.25) is 11.8 Å². The number of nitrogens with two attached hydrogens (primary N) is 1. The highest BCUT2D eigenvalue weighted by Crippen LogP contribution is 2.19. The minimum atomic E-state index is -1.16. The molecule has 0 bridgehead atoms. The predicted octanol–water partition coefficient (Wildman–Crippen LogP) is 0.769. The molecule has 27 heavy (non-hydrogen) atoms. The van der Waals surface area contributed by atoms with Gasteiger partial charge >= 0.3 is 5.97 Å². The molecule has 1 heterocycles. The molecule has 2 atom stereocenters. The molecule has 1 aromatic carbocycles. The third kappa shape index (κ3) is 5.82. The van der Waals surface area contributed by atoms with Crippen molar-refractivity contribution in [2.75, 3.05) is 6.54 Å². The van der Waals surface area contributed by atoms with Gasteiger partial charge in [-0.25, -0.2) is 0 Å². The Kier molecular flexibility index (Phi) is 6.95. The first-order valence-corrected chi connectivity index (χ1v) is 8.88. The van der Waals surface area contributed by atoms with E-state index >= 15 is 0 Å². The van der Waals surface area contributed by atoms with Gasteiger partial charge in [-0.1, -0.05) is 32.0 Å². The quantitative estimate of drug-likeness (QED) is 0.441. The third-order valence-corrected chi connectivity index (χ3v) is 4.21. The van der Waals surface area contributed by atoms with Gasteiger partial charge < -0.3 is 26.5 Å². The van der Waals surface area contributed by atoms with Gasteiger partial charge in [-0.3, -0.25) is 14.4 Å². The zero-order valence-electron chi connectivity index (χ0n) is 15.5. The SMILES string of the molecule is CC(C)CC(N)C(=O)NC(Cc1c[nH]c2ccccc12)C(=O)NCC(=O)O. The van der Waals surface area contributed by atoms with Gasteiger partial charge in [0.25, 0.3) is 0 Å². The molecule has 0 radical (unpaired) electrons. The number of hydrogen-bond donors (Lipinski definition) is 5. The van der Waals surface area contributed by atoms with Gasteiger partial charge in [0.1, 0.15) is 12.6 Å². The molecule has 8 heteroatoms. The molecular formula is C19H26N4O4. The van der Waals surface area contributed by atoms with E-state index in [1.165, 1.54) is 0 Å². The summed E-state index contributed by atoms with van der Waals surface area (Å²) in [6.45, 7) is 3.39. The Morgan fingerprint density at radius 2 is 1.89 bits per heavy atom. The molecule has 0 saturated carbocycles. The van der Waals surface area contributed by atoms with E-state index in [4.69, 9.17) is 10.8 Å². The van der Waals surface area contributed by atoms with Gasteiger partial charge in [-0.05, 0) is 24.0 Å². The van der Waals surface area contributed by atoms with Gasteiger partial charge in [-0.15, -0.1) is 0 Å².